The summed E-state index contributed by atoms with van der Waals surface area (Å²) >= 11 is 0. The van der Waals surface area contributed by atoms with Crippen LogP contribution < -0.4 is 5.32 Å². The number of rotatable bonds is 4. The average molecular weight is 267 g/mol. The Bertz CT molecular complexity index is 462. The number of aryl methyl sites for hydroxylation is 2. The van der Waals surface area contributed by atoms with Crippen LogP contribution in [0.15, 0.2) is 0 Å². The molecule has 1 aromatic heterocycles. The SMILES string of the molecule is Cc1nc2c(c(NCC(C)S(C)=O)n1)CCCC2. The lowest BCUT2D eigenvalue weighted by molar-refractivity contribution is 0.658. The van der Waals surface area contributed by atoms with Crippen LogP contribution in [0.1, 0.15) is 36.8 Å². The second-order valence-electron chi connectivity index (χ2n) is 4.94. The normalized spacial score (nSPS) is 17.9. The molecule has 1 aliphatic carbocycles. The summed E-state index contributed by atoms with van der Waals surface area (Å²) in [5.74, 6) is 1.78. The number of aromatic nitrogens is 2. The standard InChI is InChI=1S/C13H21N3OS/c1-9(18(3)17)8-14-13-11-6-4-5-7-12(11)15-10(2)16-13/h9H,4-8H2,1-3H3,(H,14,15,16). The van der Waals surface area contributed by atoms with Gasteiger partial charge in [-0.1, -0.05) is 0 Å². The summed E-state index contributed by atoms with van der Waals surface area (Å²) in [5, 5.41) is 3.49. The molecule has 2 atom stereocenters. The third-order valence-corrected chi connectivity index (χ3v) is 4.72. The number of hydrogen-bond acceptors (Lipinski definition) is 4. The minimum atomic E-state index is -0.797. The molecule has 1 aliphatic rings. The van der Waals surface area contributed by atoms with Gasteiger partial charge in [-0.25, -0.2) is 9.97 Å². The summed E-state index contributed by atoms with van der Waals surface area (Å²) in [4.78, 5) is 9.02. The molecule has 1 N–H and O–H groups in total. The van der Waals surface area contributed by atoms with Crippen LogP contribution in [0.25, 0.3) is 0 Å². The zero-order valence-electron chi connectivity index (χ0n) is 11.3. The fourth-order valence-corrected chi connectivity index (χ4v) is 2.54. The van der Waals surface area contributed by atoms with Crippen molar-refractivity contribution in [3.8, 4) is 0 Å². The van der Waals surface area contributed by atoms with Crippen LogP contribution in [0, 0.1) is 6.92 Å². The molecule has 18 heavy (non-hydrogen) atoms. The number of nitrogens with zero attached hydrogens (tertiary/aromatic N) is 2. The quantitative estimate of drug-likeness (QED) is 0.904. The Morgan fingerprint density at radius 1 is 1.33 bits per heavy atom. The molecular formula is C13H21N3OS. The molecule has 0 aromatic carbocycles. The Hall–Kier alpha value is -0.970. The maximum atomic E-state index is 11.4. The zero-order chi connectivity index (χ0) is 13.1. The van der Waals surface area contributed by atoms with Crippen molar-refractivity contribution in [1.82, 2.24) is 9.97 Å². The molecule has 4 nitrogen and oxygen atoms in total. The molecule has 0 saturated heterocycles. The smallest absolute Gasteiger partial charge is 0.133 e. The van der Waals surface area contributed by atoms with Gasteiger partial charge in [0.25, 0.3) is 0 Å². The molecule has 1 aromatic rings. The summed E-state index contributed by atoms with van der Waals surface area (Å²) in [5.41, 5.74) is 2.46. The van der Waals surface area contributed by atoms with Gasteiger partial charge in [-0.05, 0) is 39.5 Å². The van der Waals surface area contributed by atoms with Gasteiger partial charge in [-0.2, -0.15) is 0 Å². The summed E-state index contributed by atoms with van der Waals surface area (Å²) in [6.07, 6.45) is 6.29. The second kappa shape index (κ2) is 5.78. The highest BCUT2D eigenvalue weighted by Crippen LogP contribution is 2.25. The Labute approximate surface area is 111 Å². The summed E-state index contributed by atoms with van der Waals surface area (Å²) in [7, 11) is -0.797. The van der Waals surface area contributed by atoms with Gasteiger partial charge >= 0.3 is 0 Å². The van der Waals surface area contributed by atoms with Gasteiger partial charge in [0.05, 0.1) is 0 Å². The predicted molar refractivity (Wildman–Crippen MR) is 75.4 cm³/mol. The Balaban J connectivity index is 2.16. The van der Waals surface area contributed by atoms with Crippen LogP contribution >= 0.6 is 0 Å². The van der Waals surface area contributed by atoms with E-state index in [1.54, 1.807) is 6.26 Å². The fraction of sp³-hybridized carbons (Fsp3) is 0.692. The Morgan fingerprint density at radius 2 is 2.06 bits per heavy atom. The molecule has 2 unspecified atom stereocenters. The van der Waals surface area contributed by atoms with Crippen LogP contribution in [0.5, 0.6) is 0 Å². The number of hydrogen-bond donors (Lipinski definition) is 1. The van der Waals surface area contributed by atoms with Crippen LogP contribution in [-0.2, 0) is 23.6 Å². The summed E-state index contributed by atoms with van der Waals surface area (Å²) in [6, 6.07) is 0. The van der Waals surface area contributed by atoms with Gasteiger partial charge in [0.1, 0.15) is 11.6 Å². The second-order valence-corrected chi connectivity index (χ2v) is 6.74. The molecule has 0 bridgehead atoms. The van der Waals surface area contributed by atoms with Crippen molar-refractivity contribution in [1.29, 1.82) is 0 Å². The first-order valence-electron chi connectivity index (χ1n) is 6.50. The largest absolute Gasteiger partial charge is 0.369 e. The van der Waals surface area contributed by atoms with Crippen LogP contribution in [0.3, 0.4) is 0 Å². The molecule has 0 fully saturated rings. The highest BCUT2D eigenvalue weighted by molar-refractivity contribution is 7.84. The van der Waals surface area contributed by atoms with Crippen molar-refractivity contribution in [3.05, 3.63) is 17.1 Å². The van der Waals surface area contributed by atoms with E-state index in [2.05, 4.69) is 15.3 Å². The molecule has 5 heteroatoms. The lowest BCUT2D eigenvalue weighted by Gasteiger charge is -2.20. The van der Waals surface area contributed by atoms with Crippen molar-refractivity contribution in [2.24, 2.45) is 0 Å². The molecular weight excluding hydrogens is 246 g/mol. The van der Waals surface area contributed by atoms with Gasteiger partial charge in [-0.15, -0.1) is 0 Å². The first-order chi connectivity index (χ1) is 8.58. The highest BCUT2D eigenvalue weighted by Gasteiger charge is 2.17. The van der Waals surface area contributed by atoms with E-state index in [1.165, 1.54) is 24.1 Å². The van der Waals surface area contributed by atoms with E-state index in [9.17, 15) is 4.21 Å². The monoisotopic (exact) mass is 267 g/mol. The van der Waals surface area contributed by atoms with Crippen molar-refractivity contribution in [2.75, 3.05) is 18.1 Å². The zero-order valence-corrected chi connectivity index (χ0v) is 12.1. The fourth-order valence-electron chi connectivity index (χ4n) is 2.22. The Morgan fingerprint density at radius 3 is 2.78 bits per heavy atom. The van der Waals surface area contributed by atoms with Crippen LogP contribution in [0.4, 0.5) is 5.82 Å². The van der Waals surface area contributed by atoms with E-state index in [1.807, 2.05) is 13.8 Å². The summed E-state index contributed by atoms with van der Waals surface area (Å²) in [6.45, 7) is 4.62. The predicted octanol–water partition coefficient (Wildman–Crippen LogP) is 1.84. The highest BCUT2D eigenvalue weighted by atomic mass is 32.2. The van der Waals surface area contributed by atoms with Gasteiger partial charge in [0.2, 0.25) is 0 Å². The van der Waals surface area contributed by atoms with Crippen LogP contribution in [0.2, 0.25) is 0 Å². The maximum Gasteiger partial charge on any atom is 0.133 e. The van der Waals surface area contributed by atoms with Crippen LogP contribution in [-0.4, -0.2) is 32.2 Å². The van der Waals surface area contributed by atoms with Crippen molar-refractivity contribution >= 4 is 16.6 Å². The average Bonchev–Trinajstić information content (AvgIpc) is 2.35. The van der Waals surface area contributed by atoms with Gasteiger partial charge in [0.15, 0.2) is 0 Å². The molecule has 1 heterocycles. The molecule has 0 spiro atoms. The van der Waals surface area contributed by atoms with Gasteiger partial charge < -0.3 is 5.32 Å². The first-order valence-corrected chi connectivity index (χ1v) is 8.12. The molecule has 0 radical (unpaired) electrons. The molecule has 0 aliphatic heterocycles. The van der Waals surface area contributed by atoms with Crippen molar-refractivity contribution in [2.45, 2.75) is 44.8 Å². The van der Waals surface area contributed by atoms with Gasteiger partial charge in [-0.3, -0.25) is 4.21 Å². The first kappa shape index (κ1) is 13.5. The van der Waals surface area contributed by atoms with E-state index < -0.39 is 10.8 Å². The number of anilines is 1. The van der Waals surface area contributed by atoms with E-state index in [-0.39, 0.29) is 5.25 Å². The van der Waals surface area contributed by atoms with E-state index in [4.69, 9.17) is 0 Å². The number of nitrogens with one attached hydrogen (secondary N) is 1. The lowest BCUT2D eigenvalue weighted by atomic mass is 9.96. The van der Waals surface area contributed by atoms with E-state index in [0.717, 1.165) is 24.5 Å². The molecule has 0 saturated carbocycles. The van der Waals surface area contributed by atoms with Crippen molar-refractivity contribution < 1.29 is 4.21 Å². The van der Waals surface area contributed by atoms with E-state index in [0.29, 0.717) is 6.54 Å². The van der Waals surface area contributed by atoms with Gasteiger partial charge in [0, 0.05) is 40.1 Å². The minimum Gasteiger partial charge on any atom is -0.369 e. The van der Waals surface area contributed by atoms with Crippen molar-refractivity contribution in [3.63, 3.8) is 0 Å². The maximum absolute atomic E-state index is 11.4. The third-order valence-electron chi connectivity index (χ3n) is 3.42. The molecule has 2 rings (SSSR count). The Kier molecular flexibility index (Phi) is 4.32. The molecule has 100 valence electrons. The molecule has 0 amide bonds. The third kappa shape index (κ3) is 3.07. The lowest BCUT2D eigenvalue weighted by Crippen LogP contribution is -2.23. The number of fused-ring (bicyclic) bond motifs is 1. The summed E-state index contributed by atoms with van der Waals surface area (Å²) < 4.78 is 11.4. The van der Waals surface area contributed by atoms with E-state index >= 15 is 0 Å². The minimum absolute atomic E-state index is 0.138. The topological polar surface area (TPSA) is 54.9 Å².